The molecule has 1 aliphatic rings. The highest BCUT2D eigenvalue weighted by molar-refractivity contribution is 6.01. The highest BCUT2D eigenvalue weighted by atomic mass is 19.1. The number of nitrogen functional groups attached to an aromatic ring is 1. The Balaban J connectivity index is 2.21. The summed E-state index contributed by atoms with van der Waals surface area (Å²) in [5.41, 5.74) is 4.28. The Labute approximate surface area is 115 Å². The van der Waals surface area contributed by atoms with Crippen molar-refractivity contribution >= 4 is 17.3 Å². The smallest absolute Gasteiger partial charge is 0.293 e. The SMILES string of the molecule is CCC1(CNC(=O)c2c(F)ccc([N+](=O)[O-])c2N)CC1. The maximum atomic E-state index is 13.7. The molecule has 1 amide bonds. The van der Waals surface area contributed by atoms with Crippen molar-refractivity contribution in [3.63, 3.8) is 0 Å². The van der Waals surface area contributed by atoms with Crippen molar-refractivity contribution in [3.8, 4) is 0 Å². The Hall–Kier alpha value is -2.18. The topological polar surface area (TPSA) is 98.3 Å². The van der Waals surface area contributed by atoms with E-state index in [0.29, 0.717) is 6.54 Å². The lowest BCUT2D eigenvalue weighted by Crippen LogP contribution is -2.31. The molecule has 1 aromatic carbocycles. The van der Waals surface area contributed by atoms with Gasteiger partial charge < -0.3 is 11.1 Å². The Morgan fingerprint density at radius 3 is 2.70 bits per heavy atom. The molecule has 20 heavy (non-hydrogen) atoms. The molecule has 3 N–H and O–H groups in total. The number of nitrogens with two attached hydrogens (primary N) is 1. The number of hydrogen-bond acceptors (Lipinski definition) is 4. The number of amides is 1. The summed E-state index contributed by atoms with van der Waals surface area (Å²) in [6, 6.07) is 1.84. The zero-order valence-electron chi connectivity index (χ0n) is 11.1. The maximum absolute atomic E-state index is 13.7. The molecule has 0 heterocycles. The first-order valence-electron chi connectivity index (χ1n) is 6.41. The van der Waals surface area contributed by atoms with E-state index < -0.39 is 33.6 Å². The first-order valence-corrected chi connectivity index (χ1v) is 6.41. The van der Waals surface area contributed by atoms with Crippen LogP contribution in [0.4, 0.5) is 15.8 Å². The van der Waals surface area contributed by atoms with Gasteiger partial charge in [0.2, 0.25) is 0 Å². The van der Waals surface area contributed by atoms with Gasteiger partial charge in [-0.1, -0.05) is 6.92 Å². The average molecular weight is 281 g/mol. The molecule has 7 heteroatoms. The summed E-state index contributed by atoms with van der Waals surface area (Å²) >= 11 is 0. The van der Waals surface area contributed by atoms with Crippen LogP contribution in [0.2, 0.25) is 0 Å². The number of anilines is 1. The molecule has 108 valence electrons. The van der Waals surface area contributed by atoms with Gasteiger partial charge in [-0.2, -0.15) is 0 Å². The second kappa shape index (κ2) is 5.07. The van der Waals surface area contributed by atoms with Crippen molar-refractivity contribution in [2.24, 2.45) is 5.41 Å². The summed E-state index contributed by atoms with van der Waals surface area (Å²) in [7, 11) is 0. The Kier molecular flexibility index (Phi) is 3.61. The molecule has 0 aliphatic heterocycles. The molecule has 0 atom stereocenters. The first kappa shape index (κ1) is 14.2. The van der Waals surface area contributed by atoms with Crippen LogP contribution >= 0.6 is 0 Å². The van der Waals surface area contributed by atoms with Gasteiger partial charge in [0.05, 0.1) is 4.92 Å². The van der Waals surface area contributed by atoms with E-state index in [4.69, 9.17) is 5.73 Å². The highest BCUT2D eigenvalue weighted by Gasteiger charge is 2.41. The predicted molar refractivity (Wildman–Crippen MR) is 71.8 cm³/mol. The van der Waals surface area contributed by atoms with E-state index in [2.05, 4.69) is 5.32 Å². The van der Waals surface area contributed by atoms with Crippen molar-refractivity contribution in [1.29, 1.82) is 0 Å². The van der Waals surface area contributed by atoms with Crippen molar-refractivity contribution in [2.75, 3.05) is 12.3 Å². The molecular formula is C13H16FN3O3. The monoisotopic (exact) mass is 281 g/mol. The number of rotatable bonds is 5. The summed E-state index contributed by atoms with van der Waals surface area (Å²) in [4.78, 5) is 22.0. The molecule has 1 saturated carbocycles. The van der Waals surface area contributed by atoms with E-state index in [9.17, 15) is 19.3 Å². The zero-order chi connectivity index (χ0) is 14.9. The molecule has 6 nitrogen and oxygen atoms in total. The fraction of sp³-hybridized carbons (Fsp3) is 0.462. The molecule has 0 unspecified atom stereocenters. The summed E-state index contributed by atoms with van der Waals surface area (Å²) in [6.45, 7) is 2.46. The third-order valence-corrected chi connectivity index (χ3v) is 3.93. The number of nitro benzene ring substituents is 1. The van der Waals surface area contributed by atoms with Gasteiger partial charge in [0.15, 0.2) is 0 Å². The fourth-order valence-electron chi connectivity index (χ4n) is 2.16. The van der Waals surface area contributed by atoms with Crippen LogP contribution in [0.5, 0.6) is 0 Å². The molecule has 0 bridgehead atoms. The summed E-state index contributed by atoms with van der Waals surface area (Å²) in [5, 5.41) is 13.4. The molecule has 2 rings (SSSR count). The van der Waals surface area contributed by atoms with Gasteiger partial charge in [0.1, 0.15) is 17.1 Å². The van der Waals surface area contributed by atoms with Crippen LogP contribution in [-0.2, 0) is 0 Å². The lowest BCUT2D eigenvalue weighted by molar-refractivity contribution is -0.384. The van der Waals surface area contributed by atoms with Crippen molar-refractivity contribution in [2.45, 2.75) is 26.2 Å². The van der Waals surface area contributed by atoms with Gasteiger partial charge in [-0.3, -0.25) is 14.9 Å². The minimum Gasteiger partial charge on any atom is -0.392 e. The predicted octanol–water partition coefficient (Wildman–Crippen LogP) is 2.24. The molecule has 1 aliphatic carbocycles. The van der Waals surface area contributed by atoms with Crippen LogP contribution < -0.4 is 11.1 Å². The number of halogens is 1. The molecule has 0 saturated heterocycles. The van der Waals surface area contributed by atoms with E-state index in [1.807, 2.05) is 6.92 Å². The molecule has 0 aromatic heterocycles. The Morgan fingerprint density at radius 2 is 2.20 bits per heavy atom. The standard InChI is InChI=1S/C13H16FN3O3/c1-2-13(5-6-13)7-16-12(18)10-8(14)3-4-9(11(10)15)17(19)20/h3-4H,2,5-7,15H2,1H3,(H,16,18). The molecular weight excluding hydrogens is 265 g/mol. The van der Waals surface area contributed by atoms with E-state index in [1.54, 1.807) is 0 Å². The normalized spacial score (nSPS) is 15.7. The second-order valence-electron chi connectivity index (χ2n) is 5.15. The van der Waals surface area contributed by atoms with Crippen LogP contribution in [0.15, 0.2) is 12.1 Å². The largest absolute Gasteiger partial charge is 0.392 e. The highest BCUT2D eigenvalue weighted by Crippen LogP contribution is 2.47. The fourth-order valence-corrected chi connectivity index (χ4v) is 2.16. The third-order valence-electron chi connectivity index (χ3n) is 3.93. The number of carbonyl (C=O) groups excluding carboxylic acids is 1. The van der Waals surface area contributed by atoms with Crippen LogP contribution in [0.3, 0.4) is 0 Å². The number of nitrogens with zero attached hydrogens (tertiary/aromatic N) is 1. The third kappa shape index (κ3) is 2.56. The van der Waals surface area contributed by atoms with Gasteiger partial charge in [-0.05, 0) is 30.7 Å². The van der Waals surface area contributed by atoms with Gasteiger partial charge in [-0.15, -0.1) is 0 Å². The van der Waals surface area contributed by atoms with Gasteiger partial charge in [-0.25, -0.2) is 4.39 Å². The number of benzene rings is 1. The summed E-state index contributed by atoms with van der Waals surface area (Å²) < 4.78 is 13.7. The van der Waals surface area contributed by atoms with E-state index in [1.165, 1.54) is 0 Å². The van der Waals surface area contributed by atoms with Crippen LogP contribution in [0.1, 0.15) is 36.5 Å². The lowest BCUT2D eigenvalue weighted by atomic mass is 10.0. The van der Waals surface area contributed by atoms with Gasteiger partial charge in [0.25, 0.3) is 11.6 Å². The molecule has 0 radical (unpaired) electrons. The van der Waals surface area contributed by atoms with Crippen molar-refractivity contribution in [1.82, 2.24) is 5.32 Å². The Bertz CT molecular complexity index is 570. The van der Waals surface area contributed by atoms with Crippen LogP contribution in [0, 0.1) is 21.3 Å². The van der Waals surface area contributed by atoms with E-state index >= 15 is 0 Å². The average Bonchev–Trinajstić information content (AvgIpc) is 3.16. The molecule has 0 spiro atoms. The van der Waals surface area contributed by atoms with Crippen molar-refractivity contribution in [3.05, 3.63) is 33.6 Å². The number of nitrogens with one attached hydrogen (secondary N) is 1. The van der Waals surface area contributed by atoms with Crippen LogP contribution in [-0.4, -0.2) is 17.4 Å². The van der Waals surface area contributed by atoms with Gasteiger partial charge in [0, 0.05) is 12.6 Å². The Morgan fingerprint density at radius 1 is 1.55 bits per heavy atom. The zero-order valence-corrected chi connectivity index (χ0v) is 11.1. The maximum Gasteiger partial charge on any atom is 0.293 e. The first-order chi connectivity index (χ1) is 9.40. The van der Waals surface area contributed by atoms with Crippen LogP contribution in [0.25, 0.3) is 0 Å². The molecule has 1 fully saturated rings. The second-order valence-corrected chi connectivity index (χ2v) is 5.15. The minimum atomic E-state index is -0.855. The van der Waals surface area contributed by atoms with E-state index in [0.717, 1.165) is 31.4 Å². The summed E-state index contributed by atoms with van der Waals surface area (Å²) in [6.07, 6.45) is 2.98. The van der Waals surface area contributed by atoms with Crippen molar-refractivity contribution < 1.29 is 14.1 Å². The number of nitro groups is 1. The van der Waals surface area contributed by atoms with Gasteiger partial charge >= 0.3 is 0 Å². The lowest BCUT2D eigenvalue weighted by Gasteiger charge is -2.14. The number of hydrogen-bond donors (Lipinski definition) is 2. The minimum absolute atomic E-state index is 0.0988. The quantitative estimate of drug-likeness (QED) is 0.491. The summed E-state index contributed by atoms with van der Waals surface area (Å²) in [5.74, 6) is -1.56. The molecule has 1 aromatic rings. The number of carbonyl (C=O) groups is 1. The van der Waals surface area contributed by atoms with E-state index in [-0.39, 0.29) is 5.41 Å².